The summed E-state index contributed by atoms with van der Waals surface area (Å²) in [7, 11) is 0. The molecule has 0 saturated heterocycles. The molecule has 1 aromatic heterocycles. The molecule has 0 aromatic carbocycles. The van der Waals surface area contributed by atoms with Gasteiger partial charge < -0.3 is 5.73 Å². The van der Waals surface area contributed by atoms with Crippen LogP contribution in [0.5, 0.6) is 0 Å². The molecular weight excluding hydrogens is 142 g/mol. The Kier molecular flexibility index (Phi) is 2.03. The van der Waals surface area contributed by atoms with E-state index in [9.17, 15) is 4.79 Å². The summed E-state index contributed by atoms with van der Waals surface area (Å²) in [5.41, 5.74) is 5.39. The van der Waals surface area contributed by atoms with Gasteiger partial charge in [0.2, 0.25) is 0 Å². The molecule has 4 nitrogen and oxygen atoms in total. The summed E-state index contributed by atoms with van der Waals surface area (Å²) in [5.74, 6) is 0.990. The number of nitrogens with two attached hydrogens (primary N) is 1. The molecule has 62 valence electrons. The first-order valence-electron chi connectivity index (χ1n) is 3.65. The Morgan fingerprint density at radius 3 is 2.73 bits per heavy atom. The minimum absolute atomic E-state index is 0.136. The summed E-state index contributed by atoms with van der Waals surface area (Å²) in [6, 6.07) is 1.39. The number of anilines is 1. The fraction of sp³-hybridized carbons (Fsp3) is 0.571. The lowest BCUT2D eigenvalue weighted by atomic mass is 10.2. The van der Waals surface area contributed by atoms with Crippen LogP contribution in [0.25, 0.3) is 0 Å². The maximum absolute atomic E-state index is 10.7. The predicted octanol–water partition coefficient (Wildman–Crippen LogP) is 0.415. The van der Waals surface area contributed by atoms with E-state index in [2.05, 4.69) is 18.9 Å². The second kappa shape index (κ2) is 2.82. The van der Waals surface area contributed by atoms with E-state index in [0.29, 0.717) is 11.7 Å². The highest BCUT2D eigenvalue weighted by atomic mass is 16.1. The van der Waals surface area contributed by atoms with Gasteiger partial charge in [0.15, 0.2) is 0 Å². The van der Waals surface area contributed by atoms with E-state index in [4.69, 9.17) is 5.73 Å². The molecule has 4 heteroatoms. The third kappa shape index (κ3) is 1.86. The Morgan fingerprint density at radius 1 is 1.73 bits per heavy atom. The third-order valence-corrected chi connectivity index (χ3v) is 1.38. The summed E-state index contributed by atoms with van der Waals surface area (Å²) in [6.07, 6.45) is 0. The highest BCUT2D eigenvalue weighted by Crippen LogP contribution is 2.01. The van der Waals surface area contributed by atoms with Gasteiger partial charge in [-0.1, -0.05) is 13.8 Å². The maximum Gasteiger partial charge on any atom is 0.266 e. The Labute approximate surface area is 65.0 Å². The minimum Gasteiger partial charge on any atom is -0.384 e. The average Bonchev–Trinajstić information content (AvgIpc) is 2.09. The van der Waals surface area contributed by atoms with Gasteiger partial charge in [0.25, 0.3) is 5.56 Å². The number of H-pyrrole nitrogens is 1. The number of nitrogens with zero attached hydrogens (tertiary/aromatic N) is 1. The zero-order valence-electron chi connectivity index (χ0n) is 6.79. The Bertz CT molecular complexity index is 284. The highest BCUT2D eigenvalue weighted by Gasteiger charge is 2.01. The number of aromatic nitrogens is 2. The van der Waals surface area contributed by atoms with Crippen LogP contribution in [-0.2, 0) is 6.54 Å². The highest BCUT2D eigenvalue weighted by molar-refractivity contribution is 5.25. The van der Waals surface area contributed by atoms with Crippen LogP contribution in [0.4, 0.5) is 5.82 Å². The molecule has 3 N–H and O–H groups in total. The molecule has 0 atom stereocenters. The largest absolute Gasteiger partial charge is 0.384 e. The molecule has 0 aliphatic rings. The molecular formula is C7H13N3O. The van der Waals surface area contributed by atoms with E-state index >= 15 is 0 Å². The van der Waals surface area contributed by atoms with Crippen molar-refractivity contribution < 1.29 is 0 Å². The van der Waals surface area contributed by atoms with Crippen molar-refractivity contribution in [3.8, 4) is 0 Å². The van der Waals surface area contributed by atoms with Gasteiger partial charge in [-0.3, -0.25) is 14.6 Å². The SMILES string of the molecule is CC(C)Cn1[nH]c(=O)cc1N. The van der Waals surface area contributed by atoms with Crippen molar-refractivity contribution >= 4 is 5.82 Å². The van der Waals surface area contributed by atoms with Crippen molar-refractivity contribution in [1.82, 2.24) is 9.78 Å². The lowest BCUT2D eigenvalue weighted by molar-refractivity contribution is 0.486. The molecule has 0 unspecified atom stereocenters. The molecule has 0 saturated carbocycles. The Hall–Kier alpha value is -1.19. The van der Waals surface area contributed by atoms with E-state index in [-0.39, 0.29) is 5.56 Å². The normalized spacial score (nSPS) is 10.8. The quantitative estimate of drug-likeness (QED) is 0.650. The summed E-state index contributed by atoms with van der Waals surface area (Å²) >= 11 is 0. The Balaban J connectivity index is 2.86. The van der Waals surface area contributed by atoms with Crippen molar-refractivity contribution in [2.45, 2.75) is 20.4 Å². The molecule has 0 aliphatic heterocycles. The van der Waals surface area contributed by atoms with Crippen LogP contribution >= 0.6 is 0 Å². The first-order valence-corrected chi connectivity index (χ1v) is 3.65. The smallest absolute Gasteiger partial charge is 0.266 e. The van der Waals surface area contributed by atoms with Crippen molar-refractivity contribution in [1.29, 1.82) is 0 Å². The monoisotopic (exact) mass is 155 g/mol. The number of rotatable bonds is 2. The van der Waals surface area contributed by atoms with Crippen molar-refractivity contribution in [3.63, 3.8) is 0 Å². The molecule has 0 aliphatic carbocycles. The standard InChI is InChI=1S/C7H13N3O/c1-5(2)4-10-6(8)3-7(11)9-10/h3,5H,4,8H2,1-2H3,(H,9,11). The summed E-state index contributed by atoms with van der Waals surface area (Å²) in [4.78, 5) is 10.7. The molecule has 1 rings (SSSR count). The third-order valence-electron chi connectivity index (χ3n) is 1.38. The molecule has 0 amide bonds. The second-order valence-electron chi connectivity index (χ2n) is 3.05. The van der Waals surface area contributed by atoms with E-state index in [1.165, 1.54) is 6.07 Å². The number of hydrogen-bond donors (Lipinski definition) is 2. The molecule has 11 heavy (non-hydrogen) atoms. The van der Waals surface area contributed by atoms with E-state index in [1.54, 1.807) is 4.68 Å². The number of hydrogen-bond acceptors (Lipinski definition) is 2. The molecule has 0 bridgehead atoms. The summed E-state index contributed by atoms with van der Waals surface area (Å²) in [5, 5.41) is 2.61. The molecule has 0 spiro atoms. The van der Waals surface area contributed by atoms with Gasteiger partial charge in [-0.15, -0.1) is 0 Å². The Morgan fingerprint density at radius 2 is 2.36 bits per heavy atom. The summed E-state index contributed by atoms with van der Waals surface area (Å²) < 4.78 is 1.66. The lowest BCUT2D eigenvalue weighted by Gasteiger charge is -2.06. The van der Waals surface area contributed by atoms with E-state index < -0.39 is 0 Å². The number of nitrogens with one attached hydrogen (secondary N) is 1. The van der Waals surface area contributed by atoms with Crippen LogP contribution in [0.3, 0.4) is 0 Å². The molecule has 0 radical (unpaired) electrons. The average molecular weight is 155 g/mol. The number of nitrogen functional groups attached to an aromatic ring is 1. The van der Waals surface area contributed by atoms with Crippen LogP contribution in [0, 0.1) is 5.92 Å². The topological polar surface area (TPSA) is 63.8 Å². The fourth-order valence-electron chi connectivity index (χ4n) is 0.958. The van der Waals surface area contributed by atoms with Crippen LogP contribution in [0.15, 0.2) is 10.9 Å². The molecule has 1 aromatic rings. The second-order valence-corrected chi connectivity index (χ2v) is 3.05. The maximum atomic E-state index is 10.7. The zero-order valence-corrected chi connectivity index (χ0v) is 6.79. The number of aromatic amines is 1. The van der Waals surface area contributed by atoms with E-state index in [1.807, 2.05) is 0 Å². The van der Waals surface area contributed by atoms with Gasteiger partial charge in [0, 0.05) is 12.6 Å². The van der Waals surface area contributed by atoms with Gasteiger partial charge in [0.1, 0.15) is 5.82 Å². The molecule has 1 heterocycles. The first-order chi connectivity index (χ1) is 5.09. The van der Waals surface area contributed by atoms with Gasteiger partial charge in [-0.05, 0) is 5.92 Å². The van der Waals surface area contributed by atoms with Crippen LogP contribution < -0.4 is 11.3 Å². The van der Waals surface area contributed by atoms with Crippen LogP contribution in [0.1, 0.15) is 13.8 Å². The van der Waals surface area contributed by atoms with Gasteiger partial charge in [0.05, 0.1) is 0 Å². The zero-order chi connectivity index (χ0) is 8.43. The van der Waals surface area contributed by atoms with Gasteiger partial charge >= 0.3 is 0 Å². The first kappa shape index (κ1) is 7.91. The van der Waals surface area contributed by atoms with Crippen molar-refractivity contribution in [3.05, 3.63) is 16.4 Å². The lowest BCUT2D eigenvalue weighted by Crippen LogP contribution is -2.11. The van der Waals surface area contributed by atoms with E-state index in [0.717, 1.165) is 6.54 Å². The predicted molar refractivity (Wildman–Crippen MR) is 44.3 cm³/mol. The van der Waals surface area contributed by atoms with Crippen LogP contribution in [0.2, 0.25) is 0 Å². The van der Waals surface area contributed by atoms with Crippen molar-refractivity contribution in [2.75, 3.05) is 5.73 Å². The minimum atomic E-state index is -0.136. The fourth-order valence-corrected chi connectivity index (χ4v) is 0.958. The van der Waals surface area contributed by atoms with Gasteiger partial charge in [-0.25, -0.2) is 0 Å². The van der Waals surface area contributed by atoms with Crippen molar-refractivity contribution in [2.24, 2.45) is 5.92 Å². The molecule has 0 fully saturated rings. The summed E-state index contributed by atoms with van der Waals surface area (Å²) in [6.45, 7) is 4.89. The van der Waals surface area contributed by atoms with Crippen LogP contribution in [-0.4, -0.2) is 9.78 Å². The van der Waals surface area contributed by atoms with Gasteiger partial charge in [-0.2, -0.15) is 0 Å².